The molecule has 4 rings (SSSR count). The highest BCUT2D eigenvalue weighted by Gasteiger charge is 2.34. The lowest BCUT2D eigenvalue weighted by molar-refractivity contribution is 0.0157. The summed E-state index contributed by atoms with van der Waals surface area (Å²) in [5, 5.41) is 15.3. The molecule has 1 aliphatic carbocycles. The molecule has 7 heteroatoms. The van der Waals surface area contributed by atoms with Gasteiger partial charge in [-0.15, -0.1) is 0 Å². The molecule has 1 saturated carbocycles. The van der Waals surface area contributed by atoms with E-state index >= 15 is 0 Å². The number of aliphatic hydroxyl groups is 1. The number of carbonyl (C=O) groups excluding carboxylic acids is 1. The Balaban J connectivity index is 1.74. The summed E-state index contributed by atoms with van der Waals surface area (Å²) in [5.41, 5.74) is 0.283. The first-order chi connectivity index (χ1) is 12.0. The quantitative estimate of drug-likeness (QED) is 0.757. The third kappa shape index (κ3) is 2.60. The maximum absolute atomic E-state index is 12.8. The topological polar surface area (TPSA) is 90.7 Å². The second-order valence-corrected chi connectivity index (χ2v) is 6.88. The van der Waals surface area contributed by atoms with Crippen molar-refractivity contribution in [3.63, 3.8) is 0 Å². The number of para-hydroxylation sites is 1. The van der Waals surface area contributed by atoms with Gasteiger partial charge in [-0.25, -0.2) is 4.52 Å². The van der Waals surface area contributed by atoms with Crippen molar-refractivity contribution in [1.82, 2.24) is 19.5 Å². The van der Waals surface area contributed by atoms with Gasteiger partial charge in [0.25, 0.3) is 11.5 Å². The fraction of sp³-hybridized carbons (Fsp3) is 0.389. The predicted octanol–water partition coefficient (Wildman–Crippen LogP) is 1.55. The van der Waals surface area contributed by atoms with Crippen LogP contribution in [-0.4, -0.2) is 49.7 Å². The monoisotopic (exact) mass is 340 g/mol. The summed E-state index contributed by atoms with van der Waals surface area (Å²) in [7, 11) is 1.67. The minimum atomic E-state index is -0.812. The molecule has 0 atom stereocenters. The van der Waals surface area contributed by atoms with Gasteiger partial charge in [0.2, 0.25) is 0 Å². The van der Waals surface area contributed by atoms with Crippen LogP contribution in [0.5, 0.6) is 0 Å². The summed E-state index contributed by atoms with van der Waals surface area (Å²) >= 11 is 0. The fourth-order valence-corrected chi connectivity index (χ4v) is 3.74. The molecule has 1 amide bonds. The molecule has 2 heterocycles. The zero-order chi connectivity index (χ0) is 17.6. The van der Waals surface area contributed by atoms with Gasteiger partial charge in [0.15, 0.2) is 0 Å². The van der Waals surface area contributed by atoms with Crippen LogP contribution in [0.25, 0.3) is 16.6 Å². The van der Waals surface area contributed by atoms with Gasteiger partial charge in [-0.05, 0) is 25.0 Å². The maximum atomic E-state index is 12.8. The lowest BCUT2D eigenvalue weighted by Crippen LogP contribution is -2.42. The molecule has 2 aromatic heterocycles. The van der Waals surface area contributed by atoms with E-state index in [1.54, 1.807) is 29.8 Å². The van der Waals surface area contributed by atoms with Crippen LogP contribution in [0.15, 0.2) is 35.3 Å². The number of carbonyl (C=O) groups is 1. The fourth-order valence-electron chi connectivity index (χ4n) is 3.74. The molecule has 1 fully saturated rings. The lowest BCUT2D eigenvalue weighted by Gasteiger charge is -2.28. The van der Waals surface area contributed by atoms with Crippen LogP contribution in [0.2, 0.25) is 0 Å². The Bertz CT molecular complexity index is 1010. The predicted molar refractivity (Wildman–Crippen MR) is 93.7 cm³/mol. The largest absolute Gasteiger partial charge is 0.388 e. The van der Waals surface area contributed by atoms with Crippen LogP contribution in [0.4, 0.5) is 0 Å². The molecule has 0 unspecified atom stereocenters. The van der Waals surface area contributed by atoms with E-state index in [9.17, 15) is 14.7 Å². The van der Waals surface area contributed by atoms with Crippen molar-refractivity contribution in [2.24, 2.45) is 0 Å². The Hall–Kier alpha value is -2.67. The first-order valence-electron chi connectivity index (χ1n) is 8.45. The van der Waals surface area contributed by atoms with Crippen molar-refractivity contribution in [1.29, 1.82) is 0 Å². The number of nitrogens with one attached hydrogen (secondary N) is 1. The Morgan fingerprint density at radius 2 is 2.08 bits per heavy atom. The minimum absolute atomic E-state index is 0.255. The first kappa shape index (κ1) is 15.8. The summed E-state index contributed by atoms with van der Waals surface area (Å²) in [4.78, 5) is 29.4. The number of hydrogen-bond donors (Lipinski definition) is 2. The second kappa shape index (κ2) is 5.70. The molecule has 1 aromatic carbocycles. The Morgan fingerprint density at radius 3 is 2.84 bits per heavy atom. The van der Waals surface area contributed by atoms with Crippen LogP contribution in [0.1, 0.15) is 36.0 Å². The normalized spacial score (nSPS) is 16.6. The number of likely N-dealkylation sites (N-methyl/N-ethyl adjacent to an activating group) is 1. The molecule has 1 aliphatic rings. The number of aromatic nitrogens is 3. The average molecular weight is 340 g/mol. The maximum Gasteiger partial charge on any atom is 0.259 e. The van der Waals surface area contributed by atoms with E-state index in [1.165, 1.54) is 11.1 Å². The van der Waals surface area contributed by atoms with Gasteiger partial charge < -0.3 is 15.0 Å². The van der Waals surface area contributed by atoms with E-state index in [4.69, 9.17) is 0 Å². The summed E-state index contributed by atoms with van der Waals surface area (Å²) in [6.07, 6.45) is 4.85. The van der Waals surface area contributed by atoms with Crippen molar-refractivity contribution in [3.05, 3.63) is 46.4 Å². The third-order valence-corrected chi connectivity index (χ3v) is 5.02. The van der Waals surface area contributed by atoms with Crippen molar-refractivity contribution < 1.29 is 9.90 Å². The van der Waals surface area contributed by atoms with Gasteiger partial charge in [0.05, 0.1) is 22.7 Å². The van der Waals surface area contributed by atoms with E-state index in [0.717, 1.165) is 12.8 Å². The summed E-state index contributed by atoms with van der Waals surface area (Å²) in [6, 6.07) is 7.13. The number of amides is 1. The number of nitrogens with zero attached hydrogens (tertiary/aromatic N) is 3. The minimum Gasteiger partial charge on any atom is -0.388 e. The first-order valence-corrected chi connectivity index (χ1v) is 8.45. The van der Waals surface area contributed by atoms with E-state index in [1.807, 2.05) is 6.07 Å². The van der Waals surface area contributed by atoms with Crippen molar-refractivity contribution in [2.45, 2.75) is 31.3 Å². The Morgan fingerprint density at radius 1 is 1.36 bits per heavy atom. The van der Waals surface area contributed by atoms with Gasteiger partial charge in [-0.2, -0.15) is 5.10 Å². The number of H-pyrrole nitrogens is 1. The number of hydrogen-bond acceptors (Lipinski definition) is 4. The van der Waals surface area contributed by atoms with E-state index in [0.29, 0.717) is 35.0 Å². The lowest BCUT2D eigenvalue weighted by atomic mass is 10.0. The van der Waals surface area contributed by atoms with Gasteiger partial charge in [0.1, 0.15) is 11.2 Å². The highest BCUT2D eigenvalue weighted by atomic mass is 16.3. The zero-order valence-electron chi connectivity index (χ0n) is 14.0. The Kier molecular flexibility index (Phi) is 3.61. The van der Waals surface area contributed by atoms with Gasteiger partial charge in [-0.3, -0.25) is 9.59 Å². The van der Waals surface area contributed by atoms with E-state index < -0.39 is 5.60 Å². The highest BCUT2D eigenvalue weighted by Crippen LogP contribution is 2.30. The SMILES string of the molecule is CN(CC1(O)CCCC1)C(=O)c1cnn2c1[nH]c(=O)c1ccccc12. The van der Waals surface area contributed by atoms with E-state index in [2.05, 4.69) is 10.1 Å². The molecule has 7 nitrogen and oxygen atoms in total. The van der Waals surface area contributed by atoms with Crippen LogP contribution >= 0.6 is 0 Å². The Labute approximate surface area is 143 Å². The number of aromatic amines is 1. The molecule has 0 aliphatic heterocycles. The molecular formula is C18H20N4O3. The van der Waals surface area contributed by atoms with Crippen LogP contribution in [-0.2, 0) is 0 Å². The van der Waals surface area contributed by atoms with Crippen molar-refractivity contribution in [3.8, 4) is 0 Å². The summed E-state index contributed by atoms with van der Waals surface area (Å²) in [5.74, 6) is -0.263. The molecule has 2 N–H and O–H groups in total. The van der Waals surface area contributed by atoms with Gasteiger partial charge in [-0.1, -0.05) is 25.0 Å². The van der Waals surface area contributed by atoms with Crippen LogP contribution < -0.4 is 5.56 Å². The van der Waals surface area contributed by atoms with Crippen LogP contribution in [0, 0.1) is 0 Å². The van der Waals surface area contributed by atoms with Crippen molar-refractivity contribution in [2.75, 3.05) is 13.6 Å². The standard InChI is InChI=1S/C18H20N4O3/c1-21(11-18(25)8-4-5-9-18)17(24)13-10-19-22-14-7-3-2-6-12(14)16(23)20-15(13)22/h2-3,6-7,10,25H,4-5,8-9,11H2,1H3,(H,20,23). The zero-order valence-corrected chi connectivity index (χ0v) is 14.0. The molecule has 3 aromatic rings. The molecule has 0 spiro atoms. The van der Waals surface area contributed by atoms with Crippen molar-refractivity contribution >= 4 is 22.5 Å². The van der Waals surface area contributed by atoms with Gasteiger partial charge in [0, 0.05) is 13.6 Å². The molecule has 0 bridgehead atoms. The second-order valence-electron chi connectivity index (χ2n) is 6.88. The molecular weight excluding hydrogens is 320 g/mol. The third-order valence-electron chi connectivity index (χ3n) is 5.02. The average Bonchev–Trinajstić information content (AvgIpc) is 3.21. The molecule has 130 valence electrons. The number of fused-ring (bicyclic) bond motifs is 3. The smallest absolute Gasteiger partial charge is 0.259 e. The number of benzene rings is 1. The molecule has 0 radical (unpaired) electrons. The van der Waals surface area contributed by atoms with Gasteiger partial charge >= 0.3 is 0 Å². The van der Waals surface area contributed by atoms with Crippen LogP contribution in [0.3, 0.4) is 0 Å². The summed E-state index contributed by atoms with van der Waals surface area (Å²) in [6.45, 7) is 0.279. The highest BCUT2D eigenvalue weighted by molar-refractivity contribution is 6.00. The number of rotatable bonds is 3. The molecule has 0 saturated heterocycles. The summed E-state index contributed by atoms with van der Waals surface area (Å²) < 4.78 is 1.57. The molecule has 25 heavy (non-hydrogen) atoms. The van der Waals surface area contributed by atoms with E-state index in [-0.39, 0.29) is 18.0 Å².